The molecular formula is C43H62O3. The Morgan fingerprint density at radius 2 is 0.957 bits per heavy atom. The average Bonchev–Trinajstić information content (AvgIpc) is 3.58. The molecule has 1 atom stereocenters. The summed E-state index contributed by atoms with van der Waals surface area (Å²) in [6.45, 7) is 4.92. The van der Waals surface area contributed by atoms with Gasteiger partial charge in [0.25, 0.3) is 0 Å². The molecule has 3 nitrogen and oxygen atoms in total. The topological polar surface area (TPSA) is 27.7 Å². The summed E-state index contributed by atoms with van der Waals surface area (Å²) in [5.41, 5.74) is 2.20. The number of unbranched alkanes of at least 4 members (excludes halogenated alkanes) is 15. The van der Waals surface area contributed by atoms with Crippen LogP contribution in [0, 0.1) is 0 Å². The summed E-state index contributed by atoms with van der Waals surface area (Å²) in [6.07, 6.45) is 24.1. The lowest BCUT2D eigenvalue weighted by Gasteiger charge is -2.39. The zero-order chi connectivity index (χ0) is 32.0. The second kappa shape index (κ2) is 21.4. The van der Waals surface area contributed by atoms with Crippen LogP contribution in [0.1, 0.15) is 139 Å². The van der Waals surface area contributed by atoms with Gasteiger partial charge < -0.3 is 14.2 Å². The maximum absolute atomic E-state index is 7.16. The second-order valence-electron chi connectivity index (χ2n) is 13.6. The standard InChI is InChI=1S/C43H62O3/c1-2-3-4-5-6-7-8-9-10-11-12-13-14-15-16-26-35-44-37-42(34-27-36-45-42)38-46-43(39-28-20-17-21-29-39,40-30-22-18-23-31-40)41-32-24-19-25-33-41/h17-25,28-33H,2-16,26-27,34-38H2,1H3/t42-/m0/s1. The van der Waals surface area contributed by atoms with Crippen LogP contribution < -0.4 is 0 Å². The van der Waals surface area contributed by atoms with Crippen LogP contribution in [0.3, 0.4) is 0 Å². The highest BCUT2D eigenvalue weighted by Gasteiger charge is 2.43. The van der Waals surface area contributed by atoms with Crippen LogP contribution in [-0.2, 0) is 19.8 Å². The Morgan fingerprint density at radius 1 is 0.543 bits per heavy atom. The predicted molar refractivity (Wildman–Crippen MR) is 193 cm³/mol. The van der Waals surface area contributed by atoms with Crippen molar-refractivity contribution in [3.8, 4) is 0 Å². The van der Waals surface area contributed by atoms with Crippen molar-refractivity contribution < 1.29 is 14.2 Å². The summed E-state index contributed by atoms with van der Waals surface area (Å²) in [6, 6.07) is 31.9. The lowest BCUT2D eigenvalue weighted by molar-refractivity contribution is -0.133. The van der Waals surface area contributed by atoms with Crippen LogP contribution in [0.25, 0.3) is 0 Å². The van der Waals surface area contributed by atoms with Gasteiger partial charge in [-0.2, -0.15) is 0 Å². The van der Waals surface area contributed by atoms with Crippen molar-refractivity contribution in [1.29, 1.82) is 0 Å². The molecule has 4 rings (SSSR count). The van der Waals surface area contributed by atoms with Crippen molar-refractivity contribution in [3.05, 3.63) is 108 Å². The molecule has 0 spiro atoms. The fourth-order valence-electron chi connectivity index (χ4n) is 7.04. The molecule has 1 fully saturated rings. The predicted octanol–water partition coefficient (Wildman–Crippen LogP) is 11.8. The minimum absolute atomic E-state index is 0.418. The number of benzene rings is 3. The molecule has 0 bridgehead atoms. The van der Waals surface area contributed by atoms with Crippen molar-refractivity contribution in [2.24, 2.45) is 0 Å². The van der Waals surface area contributed by atoms with Gasteiger partial charge in [0.05, 0.1) is 13.2 Å². The average molecular weight is 627 g/mol. The summed E-state index contributed by atoms with van der Waals surface area (Å²) in [5.74, 6) is 0. The Morgan fingerprint density at radius 3 is 1.35 bits per heavy atom. The third-order valence-electron chi connectivity index (χ3n) is 9.78. The van der Waals surface area contributed by atoms with E-state index in [-0.39, 0.29) is 0 Å². The molecule has 1 heterocycles. The monoisotopic (exact) mass is 626 g/mol. The number of hydrogen-bond donors (Lipinski definition) is 0. The number of ether oxygens (including phenoxy) is 3. The summed E-state index contributed by atoms with van der Waals surface area (Å²) in [4.78, 5) is 0. The zero-order valence-corrected chi connectivity index (χ0v) is 28.9. The van der Waals surface area contributed by atoms with E-state index in [1.165, 1.54) is 96.3 Å². The molecule has 3 heteroatoms. The van der Waals surface area contributed by atoms with E-state index >= 15 is 0 Å². The van der Waals surface area contributed by atoms with E-state index in [9.17, 15) is 0 Å². The second-order valence-corrected chi connectivity index (χ2v) is 13.6. The molecule has 0 N–H and O–H groups in total. The fourth-order valence-corrected chi connectivity index (χ4v) is 7.04. The molecule has 0 amide bonds. The van der Waals surface area contributed by atoms with Gasteiger partial charge in [0, 0.05) is 13.2 Å². The van der Waals surface area contributed by atoms with Gasteiger partial charge in [0.2, 0.25) is 0 Å². The summed E-state index contributed by atoms with van der Waals surface area (Å²) in [5, 5.41) is 0. The summed E-state index contributed by atoms with van der Waals surface area (Å²) < 4.78 is 19.9. The third-order valence-corrected chi connectivity index (χ3v) is 9.78. The van der Waals surface area contributed by atoms with E-state index < -0.39 is 11.2 Å². The SMILES string of the molecule is CCCCCCCCCCCCCCCCCCOC[C@]1(COC(c2ccccc2)(c2ccccc2)c2ccccc2)CCCO1. The van der Waals surface area contributed by atoms with E-state index in [0.717, 1.165) is 49.2 Å². The van der Waals surface area contributed by atoms with Crippen LogP contribution >= 0.6 is 0 Å². The molecule has 3 aromatic carbocycles. The Kier molecular flexibility index (Phi) is 16.9. The normalized spacial score (nSPS) is 16.6. The fraction of sp³-hybridized carbons (Fsp3) is 0.581. The van der Waals surface area contributed by atoms with Crippen molar-refractivity contribution >= 4 is 0 Å². The Balaban J connectivity index is 1.18. The molecule has 1 saturated heterocycles. The summed E-state index contributed by atoms with van der Waals surface area (Å²) >= 11 is 0. The van der Waals surface area contributed by atoms with Gasteiger partial charge in [0.15, 0.2) is 0 Å². The van der Waals surface area contributed by atoms with Gasteiger partial charge in [-0.05, 0) is 36.0 Å². The molecule has 1 aliphatic heterocycles. The Hall–Kier alpha value is -2.46. The van der Waals surface area contributed by atoms with E-state index in [1.807, 2.05) is 0 Å². The van der Waals surface area contributed by atoms with Crippen molar-refractivity contribution in [2.75, 3.05) is 26.4 Å². The van der Waals surface area contributed by atoms with E-state index in [2.05, 4.69) is 97.9 Å². The lowest BCUT2D eigenvalue weighted by atomic mass is 9.80. The lowest BCUT2D eigenvalue weighted by Crippen LogP contribution is -2.44. The van der Waals surface area contributed by atoms with Crippen LogP contribution in [0.5, 0.6) is 0 Å². The smallest absolute Gasteiger partial charge is 0.143 e. The van der Waals surface area contributed by atoms with Gasteiger partial charge in [-0.3, -0.25) is 0 Å². The number of hydrogen-bond acceptors (Lipinski definition) is 3. The summed E-state index contributed by atoms with van der Waals surface area (Å²) in [7, 11) is 0. The molecule has 252 valence electrons. The van der Waals surface area contributed by atoms with E-state index in [1.54, 1.807) is 0 Å². The highest BCUT2D eigenvalue weighted by atomic mass is 16.6. The van der Waals surface area contributed by atoms with Gasteiger partial charge in [-0.15, -0.1) is 0 Å². The maximum atomic E-state index is 7.16. The van der Waals surface area contributed by atoms with Crippen LogP contribution in [0.15, 0.2) is 91.0 Å². The zero-order valence-electron chi connectivity index (χ0n) is 28.9. The maximum Gasteiger partial charge on any atom is 0.143 e. The molecule has 0 aliphatic carbocycles. The van der Waals surface area contributed by atoms with Gasteiger partial charge >= 0.3 is 0 Å². The first kappa shape index (κ1) is 36.4. The van der Waals surface area contributed by atoms with Crippen molar-refractivity contribution in [3.63, 3.8) is 0 Å². The first-order valence-electron chi connectivity index (χ1n) is 18.8. The first-order valence-corrected chi connectivity index (χ1v) is 18.8. The minimum Gasteiger partial charge on any atom is -0.378 e. The molecule has 0 unspecified atom stereocenters. The van der Waals surface area contributed by atoms with Gasteiger partial charge in [-0.1, -0.05) is 194 Å². The van der Waals surface area contributed by atoms with Crippen LogP contribution in [-0.4, -0.2) is 32.0 Å². The largest absolute Gasteiger partial charge is 0.378 e. The van der Waals surface area contributed by atoms with Crippen molar-refractivity contribution in [1.82, 2.24) is 0 Å². The van der Waals surface area contributed by atoms with Gasteiger partial charge in [0.1, 0.15) is 11.2 Å². The highest BCUT2D eigenvalue weighted by Crippen LogP contribution is 2.42. The highest BCUT2D eigenvalue weighted by molar-refractivity contribution is 5.47. The van der Waals surface area contributed by atoms with Gasteiger partial charge in [-0.25, -0.2) is 0 Å². The third kappa shape index (κ3) is 11.7. The molecule has 3 aromatic rings. The molecular weight excluding hydrogens is 564 g/mol. The first-order chi connectivity index (χ1) is 22.8. The molecule has 46 heavy (non-hydrogen) atoms. The number of rotatable bonds is 25. The van der Waals surface area contributed by atoms with Crippen molar-refractivity contribution in [2.45, 2.75) is 134 Å². The van der Waals surface area contributed by atoms with E-state index in [4.69, 9.17) is 14.2 Å². The van der Waals surface area contributed by atoms with Crippen LogP contribution in [0.2, 0.25) is 0 Å². The Labute approximate surface area is 281 Å². The molecule has 0 radical (unpaired) electrons. The molecule has 0 saturated carbocycles. The Bertz CT molecular complexity index is 1040. The minimum atomic E-state index is -0.739. The quantitative estimate of drug-likeness (QED) is 0.0692. The molecule has 1 aliphatic rings. The van der Waals surface area contributed by atoms with E-state index in [0.29, 0.717) is 13.2 Å². The van der Waals surface area contributed by atoms with Crippen LogP contribution in [0.4, 0.5) is 0 Å². The molecule has 0 aromatic heterocycles.